The van der Waals surface area contributed by atoms with Gasteiger partial charge in [0.1, 0.15) is 5.75 Å². The number of carbonyl (C=O) groups excluding carboxylic acids is 2. The number of aromatic amines is 2. The van der Waals surface area contributed by atoms with Crippen LogP contribution in [0, 0.1) is 11.3 Å². The molecule has 0 radical (unpaired) electrons. The van der Waals surface area contributed by atoms with Crippen molar-refractivity contribution in [1.82, 2.24) is 15.5 Å². The van der Waals surface area contributed by atoms with Gasteiger partial charge in [-0.15, -0.1) is 0 Å². The van der Waals surface area contributed by atoms with Crippen molar-refractivity contribution in [2.45, 2.75) is 6.42 Å². The fourth-order valence-corrected chi connectivity index (χ4v) is 2.70. The second-order valence-electron chi connectivity index (χ2n) is 6.23. The number of carbonyl (C=O) groups is 2. The van der Waals surface area contributed by atoms with Crippen molar-refractivity contribution in [3.8, 4) is 11.8 Å². The summed E-state index contributed by atoms with van der Waals surface area (Å²) in [6, 6.07) is 13.2. The summed E-state index contributed by atoms with van der Waals surface area (Å²) in [7, 11) is 0. The van der Waals surface area contributed by atoms with E-state index in [1.54, 1.807) is 24.3 Å². The summed E-state index contributed by atoms with van der Waals surface area (Å²) >= 11 is 0. The SMILES string of the molecule is N#CCc1ccc(OCC(=O)NCC(=O)Nc2cccc3c(=O)[nH][nH]c(=O)c23)cc1. The number of aromatic nitrogens is 2. The van der Waals surface area contributed by atoms with Crippen LogP contribution in [0.15, 0.2) is 52.1 Å². The molecule has 2 aromatic carbocycles. The molecule has 1 aromatic heterocycles. The predicted octanol–water partition coefficient (Wildman–Crippen LogP) is 0.416. The minimum atomic E-state index is -0.573. The first-order chi connectivity index (χ1) is 14.5. The fraction of sp³-hybridized carbons (Fsp3) is 0.150. The van der Waals surface area contributed by atoms with Crippen LogP contribution in [-0.4, -0.2) is 35.2 Å². The number of rotatable bonds is 7. The van der Waals surface area contributed by atoms with Gasteiger partial charge in [0, 0.05) is 0 Å². The lowest BCUT2D eigenvalue weighted by Gasteiger charge is -2.10. The van der Waals surface area contributed by atoms with Gasteiger partial charge in [-0.2, -0.15) is 5.26 Å². The second kappa shape index (κ2) is 9.20. The molecule has 0 spiro atoms. The Bertz CT molecular complexity index is 1240. The normalized spacial score (nSPS) is 10.2. The Kier molecular flexibility index (Phi) is 6.24. The molecule has 0 atom stereocenters. The van der Waals surface area contributed by atoms with Crippen LogP contribution in [0.25, 0.3) is 10.8 Å². The number of nitriles is 1. The molecule has 0 aliphatic rings. The number of amides is 2. The predicted molar refractivity (Wildman–Crippen MR) is 108 cm³/mol. The molecule has 2 amide bonds. The molecule has 0 saturated heterocycles. The van der Waals surface area contributed by atoms with Crippen LogP contribution >= 0.6 is 0 Å². The molecule has 3 rings (SSSR count). The number of hydrogen-bond acceptors (Lipinski definition) is 6. The molecule has 0 bridgehead atoms. The number of hydrogen-bond donors (Lipinski definition) is 4. The average molecular weight is 407 g/mol. The van der Waals surface area contributed by atoms with E-state index in [-0.39, 0.29) is 36.0 Å². The van der Waals surface area contributed by atoms with Crippen molar-refractivity contribution in [3.05, 3.63) is 68.7 Å². The van der Waals surface area contributed by atoms with Crippen molar-refractivity contribution < 1.29 is 14.3 Å². The van der Waals surface area contributed by atoms with Gasteiger partial charge in [0.2, 0.25) is 5.91 Å². The van der Waals surface area contributed by atoms with E-state index in [0.717, 1.165) is 5.56 Å². The van der Waals surface area contributed by atoms with Gasteiger partial charge in [-0.1, -0.05) is 18.2 Å². The third kappa shape index (κ3) is 4.90. The molecule has 4 N–H and O–H groups in total. The zero-order valence-electron chi connectivity index (χ0n) is 15.7. The molecule has 10 heteroatoms. The average Bonchev–Trinajstić information content (AvgIpc) is 2.75. The quantitative estimate of drug-likeness (QED) is 0.444. The van der Waals surface area contributed by atoms with Crippen LogP contribution in [0.5, 0.6) is 5.75 Å². The minimum absolute atomic E-state index is 0.0455. The number of benzene rings is 2. The van der Waals surface area contributed by atoms with Crippen LogP contribution in [0.1, 0.15) is 5.56 Å². The van der Waals surface area contributed by atoms with Crippen molar-refractivity contribution in [1.29, 1.82) is 5.26 Å². The Morgan fingerprint density at radius 2 is 1.73 bits per heavy atom. The highest BCUT2D eigenvalue weighted by atomic mass is 16.5. The third-order valence-corrected chi connectivity index (χ3v) is 4.12. The summed E-state index contributed by atoms with van der Waals surface area (Å²) in [5.41, 5.74) is -0.0569. The lowest BCUT2D eigenvalue weighted by molar-refractivity contribution is -0.125. The van der Waals surface area contributed by atoms with Gasteiger partial charge in [0.15, 0.2) is 6.61 Å². The van der Waals surface area contributed by atoms with Crippen LogP contribution in [0.2, 0.25) is 0 Å². The van der Waals surface area contributed by atoms with E-state index in [9.17, 15) is 19.2 Å². The van der Waals surface area contributed by atoms with E-state index >= 15 is 0 Å². The monoisotopic (exact) mass is 407 g/mol. The van der Waals surface area contributed by atoms with Crippen molar-refractivity contribution in [3.63, 3.8) is 0 Å². The summed E-state index contributed by atoms with van der Waals surface area (Å²) < 4.78 is 5.33. The van der Waals surface area contributed by atoms with Gasteiger partial charge in [0.25, 0.3) is 17.0 Å². The van der Waals surface area contributed by atoms with Gasteiger partial charge < -0.3 is 15.4 Å². The number of fused-ring (bicyclic) bond motifs is 1. The van der Waals surface area contributed by atoms with E-state index in [1.165, 1.54) is 18.2 Å². The number of nitrogens with one attached hydrogen (secondary N) is 4. The number of ether oxygens (including phenoxy) is 1. The molecule has 10 nitrogen and oxygen atoms in total. The summed E-state index contributed by atoms with van der Waals surface area (Å²) in [6.45, 7) is -0.644. The summed E-state index contributed by atoms with van der Waals surface area (Å²) in [5, 5.41) is 18.1. The molecule has 30 heavy (non-hydrogen) atoms. The Hall–Kier alpha value is -4.39. The molecule has 1 heterocycles. The molecule has 0 fully saturated rings. The maximum Gasteiger partial charge on any atom is 0.272 e. The van der Waals surface area contributed by atoms with E-state index in [4.69, 9.17) is 10.00 Å². The minimum Gasteiger partial charge on any atom is -0.484 e. The highest BCUT2D eigenvalue weighted by Gasteiger charge is 2.12. The summed E-state index contributed by atoms with van der Waals surface area (Å²) in [5.74, 6) is -0.633. The zero-order valence-corrected chi connectivity index (χ0v) is 15.7. The lowest BCUT2D eigenvalue weighted by atomic mass is 10.1. The standard InChI is InChI=1S/C20H17N5O5/c21-9-8-12-4-6-13(7-5-12)30-11-17(27)22-10-16(26)23-15-3-1-2-14-18(15)20(29)25-24-19(14)28/h1-7H,8,10-11H2,(H,22,27)(H,23,26)(H,24,28)(H,25,29). The fourth-order valence-electron chi connectivity index (χ4n) is 2.70. The lowest BCUT2D eigenvalue weighted by Crippen LogP contribution is -2.36. The first-order valence-electron chi connectivity index (χ1n) is 8.87. The number of anilines is 1. The van der Waals surface area contributed by atoms with E-state index in [2.05, 4.69) is 20.8 Å². The molecular formula is C20H17N5O5. The first kappa shape index (κ1) is 20.3. The smallest absolute Gasteiger partial charge is 0.272 e. The maximum absolute atomic E-state index is 12.1. The Morgan fingerprint density at radius 3 is 2.47 bits per heavy atom. The van der Waals surface area contributed by atoms with Gasteiger partial charge >= 0.3 is 0 Å². The summed E-state index contributed by atoms with van der Waals surface area (Å²) in [6.07, 6.45) is 0.285. The Balaban J connectivity index is 1.54. The molecule has 0 aliphatic carbocycles. The van der Waals surface area contributed by atoms with Gasteiger partial charge in [-0.3, -0.25) is 29.4 Å². The number of nitrogens with zero attached hydrogens (tertiary/aromatic N) is 1. The maximum atomic E-state index is 12.1. The van der Waals surface area contributed by atoms with Crippen LogP contribution < -0.4 is 26.5 Å². The molecule has 0 unspecified atom stereocenters. The molecule has 0 saturated carbocycles. The number of H-pyrrole nitrogens is 2. The van der Waals surface area contributed by atoms with E-state index in [1.807, 2.05) is 6.07 Å². The Morgan fingerprint density at radius 1 is 1.00 bits per heavy atom. The first-order valence-corrected chi connectivity index (χ1v) is 8.87. The molecule has 0 aliphatic heterocycles. The molecule has 3 aromatic rings. The zero-order chi connectivity index (χ0) is 21.5. The molecular weight excluding hydrogens is 390 g/mol. The van der Waals surface area contributed by atoms with Crippen molar-refractivity contribution in [2.24, 2.45) is 0 Å². The van der Waals surface area contributed by atoms with Gasteiger partial charge in [-0.05, 0) is 29.8 Å². The van der Waals surface area contributed by atoms with Crippen molar-refractivity contribution in [2.75, 3.05) is 18.5 Å². The van der Waals surface area contributed by atoms with Crippen LogP contribution in [0.3, 0.4) is 0 Å². The third-order valence-electron chi connectivity index (χ3n) is 4.12. The van der Waals surface area contributed by atoms with Crippen LogP contribution in [-0.2, 0) is 16.0 Å². The second-order valence-corrected chi connectivity index (χ2v) is 6.23. The van der Waals surface area contributed by atoms with Gasteiger partial charge in [0.05, 0.1) is 35.5 Å². The van der Waals surface area contributed by atoms with Crippen molar-refractivity contribution >= 4 is 28.3 Å². The highest BCUT2D eigenvalue weighted by Crippen LogP contribution is 2.16. The van der Waals surface area contributed by atoms with Gasteiger partial charge in [-0.25, -0.2) is 0 Å². The molecule has 152 valence electrons. The largest absolute Gasteiger partial charge is 0.484 e. The topological polar surface area (TPSA) is 157 Å². The van der Waals surface area contributed by atoms with E-state index in [0.29, 0.717) is 5.75 Å². The Labute approximate surface area is 169 Å². The summed E-state index contributed by atoms with van der Waals surface area (Å²) in [4.78, 5) is 47.8. The highest BCUT2D eigenvalue weighted by molar-refractivity contribution is 6.02. The van der Waals surface area contributed by atoms with E-state index < -0.39 is 22.9 Å². The van der Waals surface area contributed by atoms with Crippen LogP contribution in [0.4, 0.5) is 5.69 Å².